The number of amides is 2. The number of carbonyl (C=O) groups excluding carboxylic acids is 2. The Labute approximate surface area is 190 Å². The van der Waals surface area contributed by atoms with Crippen LogP contribution in [0.15, 0.2) is 30.3 Å². The smallest absolute Gasteiger partial charge is 0.228 e. The van der Waals surface area contributed by atoms with Crippen LogP contribution in [0.5, 0.6) is 0 Å². The first-order chi connectivity index (χ1) is 15.7. The molecule has 4 fully saturated rings. The van der Waals surface area contributed by atoms with Crippen LogP contribution in [-0.4, -0.2) is 80.8 Å². The second-order valence-corrected chi connectivity index (χ2v) is 9.90. The van der Waals surface area contributed by atoms with E-state index in [1.807, 2.05) is 18.2 Å². The molecule has 1 aromatic rings. The Kier molecular flexibility index (Phi) is 6.76. The molecule has 2 amide bonds. The second-order valence-electron chi connectivity index (χ2n) is 9.90. The molecule has 5 atom stereocenters. The molecule has 0 aromatic heterocycles. The number of hydrogen-bond acceptors (Lipinski definition) is 5. The number of rotatable bonds is 7. The fourth-order valence-corrected chi connectivity index (χ4v) is 5.79. The lowest BCUT2D eigenvalue weighted by Crippen LogP contribution is -2.38. The monoisotopic (exact) mass is 441 g/mol. The van der Waals surface area contributed by atoms with E-state index < -0.39 is 0 Å². The first-order valence-corrected chi connectivity index (χ1v) is 12.2. The Morgan fingerprint density at radius 1 is 0.938 bits per heavy atom. The number of ether oxygens (including phenoxy) is 2. The van der Waals surface area contributed by atoms with E-state index in [9.17, 15) is 9.59 Å². The van der Waals surface area contributed by atoms with Crippen molar-refractivity contribution in [2.24, 2.45) is 23.7 Å². The van der Waals surface area contributed by atoms with Gasteiger partial charge in [-0.3, -0.25) is 9.59 Å². The van der Waals surface area contributed by atoms with E-state index in [0.29, 0.717) is 37.6 Å². The number of likely N-dealkylation sites (tertiary alicyclic amines) is 2. The van der Waals surface area contributed by atoms with E-state index in [4.69, 9.17) is 9.47 Å². The Balaban J connectivity index is 1.14. The van der Waals surface area contributed by atoms with Crippen LogP contribution in [-0.2, 0) is 19.1 Å². The van der Waals surface area contributed by atoms with Crippen molar-refractivity contribution in [3.63, 3.8) is 0 Å². The average molecular weight is 442 g/mol. The average Bonchev–Trinajstić information content (AvgIpc) is 3.60. The van der Waals surface area contributed by atoms with Crippen molar-refractivity contribution in [2.75, 3.05) is 59.2 Å². The molecule has 7 nitrogen and oxygen atoms in total. The quantitative estimate of drug-likeness (QED) is 0.697. The predicted molar refractivity (Wildman–Crippen MR) is 120 cm³/mol. The third-order valence-electron chi connectivity index (χ3n) is 7.71. The first-order valence-electron chi connectivity index (χ1n) is 12.2. The zero-order valence-electron chi connectivity index (χ0n) is 18.8. The second kappa shape index (κ2) is 9.89. The zero-order valence-corrected chi connectivity index (χ0v) is 18.8. The SMILES string of the molecule is O=C(NC(CCN1CC2CN(C(=O)[C@H]3CCOC3)CC2C1)c1ccccc1)C1CCOC1. The predicted octanol–water partition coefficient (Wildman–Crippen LogP) is 1.70. The minimum Gasteiger partial charge on any atom is -0.381 e. The molecule has 0 spiro atoms. The molecule has 4 saturated heterocycles. The lowest BCUT2D eigenvalue weighted by molar-refractivity contribution is -0.134. The van der Waals surface area contributed by atoms with Gasteiger partial charge in [-0.2, -0.15) is 0 Å². The molecule has 0 aliphatic carbocycles. The summed E-state index contributed by atoms with van der Waals surface area (Å²) in [7, 11) is 0. The van der Waals surface area contributed by atoms with Crippen LogP contribution in [0.1, 0.15) is 30.9 Å². The number of nitrogens with zero attached hydrogens (tertiary/aromatic N) is 2. The number of benzene rings is 1. The maximum atomic E-state index is 12.7. The summed E-state index contributed by atoms with van der Waals surface area (Å²) in [5.74, 6) is 1.60. The molecule has 5 rings (SSSR count). The fraction of sp³-hybridized carbons (Fsp3) is 0.680. The molecule has 4 unspecified atom stereocenters. The summed E-state index contributed by atoms with van der Waals surface area (Å²) in [6.07, 6.45) is 2.58. The highest BCUT2D eigenvalue weighted by Gasteiger charge is 2.43. The van der Waals surface area contributed by atoms with Crippen LogP contribution >= 0.6 is 0 Å². The Hall–Kier alpha value is -1.96. The normalized spacial score (nSPS) is 31.1. The summed E-state index contributed by atoms with van der Waals surface area (Å²) in [6, 6.07) is 10.3. The topological polar surface area (TPSA) is 71.1 Å². The maximum Gasteiger partial charge on any atom is 0.228 e. The molecule has 4 aliphatic rings. The van der Waals surface area contributed by atoms with Gasteiger partial charge in [0.1, 0.15) is 0 Å². The maximum absolute atomic E-state index is 12.7. The molecular formula is C25H35N3O4. The summed E-state index contributed by atoms with van der Waals surface area (Å²) in [5.41, 5.74) is 1.16. The zero-order chi connectivity index (χ0) is 21.9. The lowest BCUT2D eigenvalue weighted by Gasteiger charge is -2.26. The van der Waals surface area contributed by atoms with Crippen molar-refractivity contribution in [2.45, 2.75) is 25.3 Å². The number of carbonyl (C=O) groups is 2. The Bertz CT molecular complexity index is 778. The standard InChI is InChI=1S/C25H35N3O4/c29-24(19-7-10-31-16-19)26-23(18-4-2-1-3-5-18)6-9-27-12-21-14-28(15-22(21)13-27)25(30)20-8-11-32-17-20/h1-5,19-23H,6-17H2,(H,26,29)/t19?,20-,21?,22?,23?/m0/s1. The van der Waals surface area contributed by atoms with Gasteiger partial charge in [-0.1, -0.05) is 30.3 Å². The molecule has 174 valence electrons. The Morgan fingerprint density at radius 2 is 1.59 bits per heavy atom. The van der Waals surface area contributed by atoms with Gasteiger partial charge in [0.15, 0.2) is 0 Å². The van der Waals surface area contributed by atoms with Crippen molar-refractivity contribution >= 4 is 11.8 Å². The Morgan fingerprint density at radius 3 is 2.22 bits per heavy atom. The molecule has 1 aromatic carbocycles. The van der Waals surface area contributed by atoms with E-state index in [1.54, 1.807) is 0 Å². The highest BCUT2D eigenvalue weighted by molar-refractivity contribution is 5.80. The van der Waals surface area contributed by atoms with Crippen LogP contribution in [0, 0.1) is 23.7 Å². The minimum absolute atomic E-state index is 0.0187. The summed E-state index contributed by atoms with van der Waals surface area (Å²) < 4.78 is 10.8. The highest BCUT2D eigenvalue weighted by Crippen LogP contribution is 2.33. The molecule has 4 heterocycles. The van der Waals surface area contributed by atoms with Crippen LogP contribution in [0.3, 0.4) is 0 Å². The summed E-state index contributed by atoms with van der Waals surface area (Å²) in [6.45, 7) is 7.34. The molecule has 0 saturated carbocycles. The largest absolute Gasteiger partial charge is 0.381 e. The van der Waals surface area contributed by atoms with E-state index in [1.165, 1.54) is 0 Å². The first kappa shape index (κ1) is 21.9. The van der Waals surface area contributed by atoms with Gasteiger partial charge in [-0.25, -0.2) is 0 Å². The van der Waals surface area contributed by atoms with Gasteiger partial charge in [-0.15, -0.1) is 0 Å². The summed E-state index contributed by atoms with van der Waals surface area (Å²) in [5, 5.41) is 3.29. The van der Waals surface area contributed by atoms with E-state index in [-0.39, 0.29) is 23.8 Å². The van der Waals surface area contributed by atoms with Gasteiger partial charge >= 0.3 is 0 Å². The number of fused-ring (bicyclic) bond motifs is 1. The van der Waals surface area contributed by atoms with Crippen molar-refractivity contribution in [3.05, 3.63) is 35.9 Å². The van der Waals surface area contributed by atoms with Crippen molar-refractivity contribution in [1.82, 2.24) is 15.1 Å². The van der Waals surface area contributed by atoms with Gasteiger partial charge in [0, 0.05) is 45.9 Å². The molecule has 7 heteroatoms. The van der Waals surface area contributed by atoms with Gasteiger partial charge in [0.2, 0.25) is 11.8 Å². The molecule has 4 aliphatic heterocycles. The van der Waals surface area contributed by atoms with E-state index >= 15 is 0 Å². The van der Waals surface area contributed by atoms with Crippen LogP contribution in [0.4, 0.5) is 0 Å². The third-order valence-corrected chi connectivity index (χ3v) is 7.71. The molecule has 0 bridgehead atoms. The number of hydrogen-bond donors (Lipinski definition) is 1. The summed E-state index contributed by atoms with van der Waals surface area (Å²) >= 11 is 0. The number of nitrogens with one attached hydrogen (secondary N) is 1. The molecule has 1 N–H and O–H groups in total. The van der Waals surface area contributed by atoms with E-state index in [0.717, 1.165) is 64.2 Å². The van der Waals surface area contributed by atoms with Gasteiger partial charge in [0.25, 0.3) is 0 Å². The van der Waals surface area contributed by atoms with Crippen LogP contribution in [0.2, 0.25) is 0 Å². The van der Waals surface area contributed by atoms with Crippen LogP contribution in [0.25, 0.3) is 0 Å². The van der Waals surface area contributed by atoms with Crippen molar-refractivity contribution in [3.8, 4) is 0 Å². The fourth-order valence-electron chi connectivity index (χ4n) is 5.79. The van der Waals surface area contributed by atoms with Gasteiger partial charge in [-0.05, 0) is 36.7 Å². The van der Waals surface area contributed by atoms with Crippen LogP contribution < -0.4 is 5.32 Å². The molecule has 32 heavy (non-hydrogen) atoms. The molecular weight excluding hydrogens is 406 g/mol. The van der Waals surface area contributed by atoms with Crippen molar-refractivity contribution in [1.29, 1.82) is 0 Å². The highest BCUT2D eigenvalue weighted by atomic mass is 16.5. The lowest BCUT2D eigenvalue weighted by atomic mass is 10.0. The van der Waals surface area contributed by atoms with Crippen molar-refractivity contribution < 1.29 is 19.1 Å². The molecule has 0 radical (unpaired) electrons. The van der Waals surface area contributed by atoms with E-state index in [2.05, 4.69) is 27.2 Å². The van der Waals surface area contributed by atoms with Gasteiger partial charge < -0.3 is 24.6 Å². The minimum atomic E-state index is -0.0267. The van der Waals surface area contributed by atoms with Gasteiger partial charge in [0.05, 0.1) is 31.1 Å². The summed E-state index contributed by atoms with van der Waals surface area (Å²) in [4.78, 5) is 30.1. The third kappa shape index (κ3) is 4.85.